The Morgan fingerprint density at radius 1 is 1.02 bits per heavy atom. The van der Waals surface area contributed by atoms with Crippen LogP contribution in [0.2, 0.25) is 0 Å². The topological polar surface area (TPSA) is 113 Å². The number of hydrogen-bond acceptors (Lipinski definition) is 9. The van der Waals surface area contributed by atoms with Crippen LogP contribution in [0.25, 0.3) is 11.1 Å². The van der Waals surface area contributed by atoms with Gasteiger partial charge in [-0.15, -0.1) is 0 Å². The zero-order chi connectivity index (χ0) is 27.2. The van der Waals surface area contributed by atoms with E-state index in [0.29, 0.717) is 49.3 Å². The maximum absolute atomic E-state index is 12.5. The lowest BCUT2D eigenvalue weighted by atomic mass is 10.1. The molecule has 0 spiro atoms. The summed E-state index contributed by atoms with van der Waals surface area (Å²) in [6.07, 6.45) is 7.21. The molecule has 0 unspecified atom stereocenters. The number of anilines is 5. The van der Waals surface area contributed by atoms with E-state index in [1.807, 2.05) is 48.5 Å². The monoisotopic (exact) mass is 541 g/mol. The van der Waals surface area contributed by atoms with Gasteiger partial charge < -0.3 is 29.5 Å². The number of likely N-dealkylation sites (N-methyl/N-ethyl adjacent to an activating group) is 1. The van der Waals surface area contributed by atoms with E-state index in [0.717, 1.165) is 55.0 Å². The van der Waals surface area contributed by atoms with Gasteiger partial charge in [0.1, 0.15) is 18.1 Å². The van der Waals surface area contributed by atoms with Crippen LogP contribution >= 0.6 is 0 Å². The fourth-order valence-electron chi connectivity index (χ4n) is 5.98. The van der Waals surface area contributed by atoms with Crippen LogP contribution in [0.3, 0.4) is 0 Å². The molecule has 40 heavy (non-hydrogen) atoms. The number of nitrogens with one attached hydrogen (secondary N) is 1. The van der Waals surface area contributed by atoms with Crippen molar-refractivity contribution in [2.24, 2.45) is 0 Å². The molecule has 3 fully saturated rings. The Labute approximate surface area is 232 Å². The number of carbonyl (C=O) groups excluding carboxylic acids is 2. The van der Waals surface area contributed by atoms with Crippen LogP contribution in [0.4, 0.5) is 28.8 Å². The Kier molecular flexibility index (Phi) is 6.22. The van der Waals surface area contributed by atoms with Gasteiger partial charge in [-0.05, 0) is 43.0 Å². The second kappa shape index (κ2) is 10.1. The molecular formula is C29H31N7O4. The van der Waals surface area contributed by atoms with E-state index in [1.165, 1.54) is 0 Å². The highest BCUT2D eigenvalue weighted by Crippen LogP contribution is 2.39. The van der Waals surface area contributed by atoms with Crippen LogP contribution in [0.1, 0.15) is 32.1 Å². The Hall–Kier alpha value is -4.25. The number of pyridine rings is 1. The van der Waals surface area contributed by atoms with Gasteiger partial charge in [-0.1, -0.05) is 12.1 Å². The summed E-state index contributed by atoms with van der Waals surface area (Å²) in [6, 6.07) is 10.1. The minimum atomic E-state index is 0.0523. The zero-order valence-electron chi connectivity index (χ0n) is 22.4. The summed E-state index contributed by atoms with van der Waals surface area (Å²) in [6.45, 7) is 2.59. The third-order valence-corrected chi connectivity index (χ3v) is 8.21. The van der Waals surface area contributed by atoms with Gasteiger partial charge in [0.15, 0.2) is 0 Å². The number of ether oxygens (including phenoxy) is 2. The van der Waals surface area contributed by atoms with Crippen LogP contribution in [-0.4, -0.2) is 72.3 Å². The summed E-state index contributed by atoms with van der Waals surface area (Å²) in [4.78, 5) is 44.6. The van der Waals surface area contributed by atoms with Crippen LogP contribution in [0.15, 0.2) is 42.7 Å². The molecule has 1 N–H and O–H groups in total. The van der Waals surface area contributed by atoms with Crippen molar-refractivity contribution in [3.8, 4) is 17.0 Å². The zero-order valence-corrected chi connectivity index (χ0v) is 22.4. The van der Waals surface area contributed by atoms with E-state index in [-0.39, 0.29) is 23.9 Å². The number of rotatable bonds is 6. The highest BCUT2D eigenvalue weighted by molar-refractivity contribution is 5.98. The number of hydrogen-bond donors (Lipinski definition) is 1. The van der Waals surface area contributed by atoms with Gasteiger partial charge in [-0.3, -0.25) is 9.59 Å². The van der Waals surface area contributed by atoms with Gasteiger partial charge in [0, 0.05) is 50.5 Å². The summed E-state index contributed by atoms with van der Waals surface area (Å²) in [5.74, 6) is 1.93. The second-order valence-electron chi connectivity index (χ2n) is 10.7. The maximum Gasteiger partial charge on any atom is 0.238 e. The quantitative estimate of drug-likeness (QED) is 0.501. The van der Waals surface area contributed by atoms with E-state index in [2.05, 4.69) is 20.2 Å². The molecule has 7 rings (SSSR count). The first kappa shape index (κ1) is 24.8. The largest absolute Gasteiger partial charge is 0.474 e. The highest BCUT2D eigenvalue weighted by atomic mass is 16.5. The Balaban J connectivity index is 1.20. The van der Waals surface area contributed by atoms with Crippen LogP contribution in [-0.2, 0) is 14.3 Å². The van der Waals surface area contributed by atoms with E-state index in [4.69, 9.17) is 14.5 Å². The van der Waals surface area contributed by atoms with E-state index < -0.39 is 0 Å². The first-order chi connectivity index (χ1) is 19.5. The molecule has 2 atom stereocenters. The van der Waals surface area contributed by atoms with Gasteiger partial charge in [0.2, 0.25) is 23.6 Å². The number of aromatic nitrogens is 3. The number of fused-ring (bicyclic) bond motifs is 3. The fourth-order valence-corrected chi connectivity index (χ4v) is 5.98. The van der Waals surface area contributed by atoms with Gasteiger partial charge in [-0.25, -0.2) is 9.97 Å². The van der Waals surface area contributed by atoms with Crippen molar-refractivity contribution >= 4 is 40.6 Å². The van der Waals surface area contributed by atoms with Crippen molar-refractivity contribution in [3.05, 3.63) is 42.7 Å². The Morgan fingerprint density at radius 2 is 1.90 bits per heavy atom. The van der Waals surface area contributed by atoms with E-state index in [1.54, 1.807) is 11.1 Å². The van der Waals surface area contributed by atoms with Crippen molar-refractivity contribution in [2.75, 3.05) is 53.4 Å². The minimum absolute atomic E-state index is 0.0523. The standard InChI is InChI=1S/C29H31N7O4/c1-34(21-10-12-39-16-21)27-23(18-4-6-20(7-5-18)35-11-2-3-25(35)37)15-31-29(33-27)32-19-13-24-28(30-14-19)40-17-22-8-9-26(38)36(22)24/h4-7,13-15,21-22H,2-3,8-12,16-17H2,1H3,(H,31,32,33)/t21-,22+/m1/s1. The fraction of sp³-hybridized carbons (Fsp3) is 0.414. The van der Waals surface area contributed by atoms with Crippen molar-refractivity contribution in [3.63, 3.8) is 0 Å². The SMILES string of the molecule is CN(c1nc(Nc2cnc3c(c2)N2C(=O)CC[C@H]2CO3)ncc1-c1ccc(N2CCCC2=O)cc1)[C@@H]1CCOC1. The van der Waals surface area contributed by atoms with Crippen LogP contribution in [0, 0.1) is 0 Å². The number of benzene rings is 1. The van der Waals surface area contributed by atoms with Crippen molar-refractivity contribution in [1.29, 1.82) is 0 Å². The predicted molar refractivity (Wildman–Crippen MR) is 150 cm³/mol. The smallest absolute Gasteiger partial charge is 0.238 e. The summed E-state index contributed by atoms with van der Waals surface area (Å²) >= 11 is 0. The third-order valence-electron chi connectivity index (χ3n) is 8.21. The second-order valence-corrected chi connectivity index (χ2v) is 10.7. The summed E-state index contributed by atoms with van der Waals surface area (Å²) in [7, 11) is 2.03. The molecule has 6 heterocycles. The normalized spacial score (nSPS) is 21.8. The average Bonchev–Trinajstić information content (AvgIpc) is 3.75. The molecule has 1 aromatic carbocycles. The first-order valence-corrected chi connectivity index (χ1v) is 13.9. The molecule has 206 valence electrons. The molecular weight excluding hydrogens is 510 g/mol. The third kappa shape index (κ3) is 4.40. The lowest BCUT2D eigenvalue weighted by Crippen LogP contribution is -2.40. The summed E-state index contributed by atoms with van der Waals surface area (Å²) < 4.78 is 11.5. The van der Waals surface area contributed by atoms with E-state index >= 15 is 0 Å². The molecule has 11 heteroatoms. The Morgan fingerprint density at radius 3 is 2.67 bits per heavy atom. The molecule has 11 nitrogen and oxygen atoms in total. The molecule has 0 aliphatic carbocycles. The predicted octanol–water partition coefficient (Wildman–Crippen LogP) is 3.52. The Bertz CT molecular complexity index is 1460. The van der Waals surface area contributed by atoms with Gasteiger partial charge >= 0.3 is 0 Å². The lowest BCUT2D eigenvalue weighted by molar-refractivity contribution is -0.118. The number of nitrogens with zero attached hydrogens (tertiary/aromatic N) is 6. The molecule has 0 bridgehead atoms. The average molecular weight is 542 g/mol. The minimum Gasteiger partial charge on any atom is -0.474 e. The van der Waals surface area contributed by atoms with Crippen LogP contribution < -0.4 is 24.8 Å². The molecule has 0 saturated carbocycles. The summed E-state index contributed by atoms with van der Waals surface area (Å²) in [5.41, 5.74) is 4.12. The van der Waals surface area contributed by atoms with Gasteiger partial charge in [-0.2, -0.15) is 4.98 Å². The molecule has 4 aliphatic rings. The molecule has 4 aliphatic heterocycles. The molecule has 3 aromatic rings. The maximum atomic E-state index is 12.5. The van der Waals surface area contributed by atoms with Crippen LogP contribution in [0.5, 0.6) is 5.88 Å². The van der Waals surface area contributed by atoms with Crippen molar-refractivity contribution < 1.29 is 19.1 Å². The van der Waals surface area contributed by atoms with Gasteiger partial charge in [0.05, 0.1) is 30.6 Å². The van der Waals surface area contributed by atoms with Gasteiger partial charge in [0.25, 0.3) is 0 Å². The highest BCUT2D eigenvalue weighted by Gasteiger charge is 2.38. The number of amides is 2. The van der Waals surface area contributed by atoms with Crippen molar-refractivity contribution in [2.45, 2.75) is 44.2 Å². The molecule has 2 aromatic heterocycles. The van der Waals surface area contributed by atoms with Crippen molar-refractivity contribution in [1.82, 2.24) is 15.0 Å². The first-order valence-electron chi connectivity index (χ1n) is 13.9. The molecule has 0 radical (unpaired) electrons. The molecule has 2 amide bonds. The summed E-state index contributed by atoms with van der Waals surface area (Å²) in [5, 5.41) is 3.28. The molecule has 3 saturated heterocycles. The number of carbonyl (C=O) groups is 2. The lowest BCUT2D eigenvalue weighted by Gasteiger charge is -2.31. The van der Waals surface area contributed by atoms with E-state index in [9.17, 15) is 9.59 Å².